The molecule has 2 rings (SSSR count). The standard InChI is InChI=1S/C18H24FN3O2S.2ClH/c1-3-4-5-14(10-20)22-18(23)17-12(2)21-16(25-17)11-24-15-8-6-13(19)7-9-15;;/h6-9,14H,3-5,10-11,20H2,1-2H3,(H,22,23);2*1H. The van der Waals surface area contributed by atoms with Crippen molar-refractivity contribution < 1.29 is 13.9 Å². The van der Waals surface area contributed by atoms with E-state index in [9.17, 15) is 9.18 Å². The van der Waals surface area contributed by atoms with Crippen molar-refractivity contribution in [2.75, 3.05) is 6.54 Å². The van der Waals surface area contributed by atoms with Gasteiger partial charge < -0.3 is 15.8 Å². The molecule has 9 heteroatoms. The van der Waals surface area contributed by atoms with Crippen LogP contribution in [0.3, 0.4) is 0 Å². The van der Waals surface area contributed by atoms with E-state index >= 15 is 0 Å². The fourth-order valence-electron chi connectivity index (χ4n) is 2.35. The Morgan fingerprint density at radius 2 is 2.00 bits per heavy atom. The van der Waals surface area contributed by atoms with Crippen molar-refractivity contribution in [3.8, 4) is 5.75 Å². The Labute approximate surface area is 175 Å². The van der Waals surface area contributed by atoms with Gasteiger partial charge >= 0.3 is 0 Å². The largest absolute Gasteiger partial charge is 0.486 e. The summed E-state index contributed by atoms with van der Waals surface area (Å²) in [5.41, 5.74) is 6.40. The molecule has 152 valence electrons. The number of nitrogens with two attached hydrogens (primary N) is 1. The first-order valence-corrected chi connectivity index (χ1v) is 9.20. The fraction of sp³-hybridized carbons (Fsp3) is 0.444. The lowest BCUT2D eigenvalue weighted by molar-refractivity contribution is 0.0939. The number of benzene rings is 1. The second kappa shape index (κ2) is 12.9. The Kier molecular flexibility index (Phi) is 12.2. The lowest BCUT2D eigenvalue weighted by Gasteiger charge is -2.15. The van der Waals surface area contributed by atoms with Crippen LogP contribution in [0, 0.1) is 12.7 Å². The molecule has 2 aromatic rings. The van der Waals surface area contributed by atoms with Gasteiger partial charge in [0, 0.05) is 12.6 Å². The van der Waals surface area contributed by atoms with Gasteiger partial charge in [-0.1, -0.05) is 19.8 Å². The molecule has 0 aliphatic rings. The monoisotopic (exact) mass is 437 g/mol. The van der Waals surface area contributed by atoms with Gasteiger partial charge in [-0.25, -0.2) is 9.37 Å². The number of carbonyl (C=O) groups is 1. The minimum Gasteiger partial charge on any atom is -0.486 e. The normalized spacial score (nSPS) is 11.1. The highest BCUT2D eigenvalue weighted by molar-refractivity contribution is 7.13. The molecule has 5 nitrogen and oxygen atoms in total. The van der Waals surface area contributed by atoms with E-state index in [0.29, 0.717) is 27.9 Å². The number of carbonyl (C=O) groups excluding carboxylic acids is 1. The van der Waals surface area contributed by atoms with Crippen LogP contribution in [0.25, 0.3) is 0 Å². The maximum Gasteiger partial charge on any atom is 0.263 e. The molecule has 0 saturated heterocycles. The highest BCUT2D eigenvalue weighted by Gasteiger charge is 2.18. The minimum atomic E-state index is -0.311. The predicted molar refractivity (Wildman–Crippen MR) is 112 cm³/mol. The number of ether oxygens (including phenoxy) is 1. The lowest BCUT2D eigenvalue weighted by Crippen LogP contribution is -2.40. The summed E-state index contributed by atoms with van der Waals surface area (Å²) in [6.07, 6.45) is 2.97. The Bertz CT molecular complexity index is 698. The summed E-state index contributed by atoms with van der Waals surface area (Å²) >= 11 is 1.30. The first-order chi connectivity index (χ1) is 12.0. The molecule has 27 heavy (non-hydrogen) atoms. The average Bonchev–Trinajstić information content (AvgIpc) is 2.99. The Balaban J connectivity index is 0.00000338. The molecule has 0 bridgehead atoms. The summed E-state index contributed by atoms with van der Waals surface area (Å²) in [6, 6.07) is 5.77. The zero-order valence-electron chi connectivity index (χ0n) is 15.4. The van der Waals surface area contributed by atoms with Crippen molar-refractivity contribution in [1.82, 2.24) is 10.3 Å². The van der Waals surface area contributed by atoms with Crippen LogP contribution in [-0.2, 0) is 6.61 Å². The van der Waals surface area contributed by atoms with Crippen molar-refractivity contribution in [3.63, 3.8) is 0 Å². The molecule has 1 heterocycles. The van der Waals surface area contributed by atoms with Gasteiger partial charge in [-0.05, 0) is 37.6 Å². The maximum absolute atomic E-state index is 12.9. The summed E-state index contributed by atoms with van der Waals surface area (Å²) < 4.78 is 18.5. The molecule has 0 aliphatic carbocycles. The summed E-state index contributed by atoms with van der Waals surface area (Å²) in [4.78, 5) is 17.4. The van der Waals surface area contributed by atoms with Crippen LogP contribution in [-0.4, -0.2) is 23.5 Å². The van der Waals surface area contributed by atoms with E-state index in [1.807, 2.05) is 0 Å². The van der Waals surface area contributed by atoms with Crippen molar-refractivity contribution in [2.24, 2.45) is 5.73 Å². The maximum atomic E-state index is 12.9. The SMILES string of the molecule is CCCCC(CN)NC(=O)c1sc(COc2ccc(F)cc2)nc1C.Cl.Cl. The van der Waals surface area contributed by atoms with Gasteiger partial charge in [-0.2, -0.15) is 0 Å². The van der Waals surface area contributed by atoms with Gasteiger partial charge in [-0.15, -0.1) is 36.2 Å². The number of amides is 1. The van der Waals surface area contributed by atoms with Gasteiger partial charge in [-0.3, -0.25) is 4.79 Å². The van der Waals surface area contributed by atoms with Crippen LogP contribution in [0.2, 0.25) is 0 Å². The Morgan fingerprint density at radius 1 is 1.33 bits per heavy atom. The topological polar surface area (TPSA) is 77.2 Å². The summed E-state index contributed by atoms with van der Waals surface area (Å²) in [7, 11) is 0. The fourth-order valence-corrected chi connectivity index (χ4v) is 3.23. The lowest BCUT2D eigenvalue weighted by atomic mass is 10.1. The minimum absolute atomic E-state index is 0. The van der Waals surface area contributed by atoms with E-state index in [4.69, 9.17) is 10.5 Å². The van der Waals surface area contributed by atoms with Crippen molar-refractivity contribution >= 4 is 42.1 Å². The Hall–Kier alpha value is -1.41. The molecule has 1 unspecified atom stereocenters. The van der Waals surface area contributed by atoms with E-state index in [1.165, 1.54) is 23.5 Å². The van der Waals surface area contributed by atoms with Crippen molar-refractivity contribution in [1.29, 1.82) is 0 Å². The molecular formula is C18H26Cl2FN3O2S. The van der Waals surface area contributed by atoms with Crippen LogP contribution < -0.4 is 15.8 Å². The third-order valence-corrected chi connectivity index (χ3v) is 4.88. The van der Waals surface area contributed by atoms with E-state index in [-0.39, 0.29) is 49.2 Å². The quantitative estimate of drug-likeness (QED) is 0.613. The molecule has 0 spiro atoms. The molecular weight excluding hydrogens is 412 g/mol. The average molecular weight is 438 g/mol. The molecule has 0 aliphatic heterocycles. The van der Waals surface area contributed by atoms with Crippen molar-refractivity contribution in [3.05, 3.63) is 45.7 Å². The van der Waals surface area contributed by atoms with Crippen LogP contribution >= 0.6 is 36.2 Å². The summed E-state index contributed by atoms with van der Waals surface area (Å²) in [5.74, 6) is 0.103. The molecule has 0 radical (unpaired) electrons. The molecule has 3 N–H and O–H groups in total. The van der Waals surface area contributed by atoms with E-state index < -0.39 is 0 Å². The van der Waals surface area contributed by atoms with Gasteiger partial charge in [0.1, 0.15) is 28.1 Å². The Morgan fingerprint density at radius 3 is 2.59 bits per heavy atom. The smallest absolute Gasteiger partial charge is 0.263 e. The van der Waals surface area contributed by atoms with E-state index in [2.05, 4.69) is 17.2 Å². The summed E-state index contributed by atoms with van der Waals surface area (Å²) in [5, 5.41) is 3.67. The number of nitrogens with zero attached hydrogens (tertiary/aromatic N) is 1. The predicted octanol–water partition coefficient (Wildman–Crippen LogP) is 4.26. The highest BCUT2D eigenvalue weighted by atomic mass is 35.5. The number of hydrogen-bond acceptors (Lipinski definition) is 5. The van der Waals surface area contributed by atoms with Crippen LogP contribution in [0.1, 0.15) is 46.6 Å². The molecule has 1 aromatic heterocycles. The molecule has 1 atom stereocenters. The number of nitrogens with one attached hydrogen (secondary N) is 1. The third kappa shape index (κ3) is 8.01. The number of thiazole rings is 1. The molecule has 1 amide bonds. The second-order valence-electron chi connectivity index (χ2n) is 5.81. The molecule has 1 aromatic carbocycles. The van der Waals surface area contributed by atoms with E-state index in [1.54, 1.807) is 19.1 Å². The number of hydrogen-bond donors (Lipinski definition) is 2. The number of rotatable bonds is 9. The molecule has 0 saturated carbocycles. The number of unbranched alkanes of at least 4 members (excludes halogenated alkanes) is 1. The zero-order valence-corrected chi connectivity index (χ0v) is 17.8. The number of aromatic nitrogens is 1. The second-order valence-corrected chi connectivity index (χ2v) is 6.90. The van der Waals surface area contributed by atoms with Crippen LogP contribution in [0.4, 0.5) is 4.39 Å². The van der Waals surface area contributed by atoms with E-state index in [0.717, 1.165) is 19.3 Å². The first kappa shape index (κ1) is 25.6. The molecule has 0 fully saturated rings. The number of halogens is 3. The van der Waals surface area contributed by atoms with Gasteiger partial charge in [0.2, 0.25) is 0 Å². The summed E-state index contributed by atoms with van der Waals surface area (Å²) in [6.45, 7) is 4.57. The highest BCUT2D eigenvalue weighted by Crippen LogP contribution is 2.21. The zero-order chi connectivity index (χ0) is 18.2. The van der Waals surface area contributed by atoms with Crippen molar-refractivity contribution in [2.45, 2.75) is 45.8 Å². The van der Waals surface area contributed by atoms with Gasteiger partial charge in [0.05, 0.1) is 5.69 Å². The van der Waals surface area contributed by atoms with Crippen LogP contribution in [0.15, 0.2) is 24.3 Å². The first-order valence-electron chi connectivity index (χ1n) is 8.39. The van der Waals surface area contributed by atoms with Gasteiger partial charge in [0.25, 0.3) is 5.91 Å². The third-order valence-electron chi connectivity index (χ3n) is 3.75. The van der Waals surface area contributed by atoms with Crippen LogP contribution in [0.5, 0.6) is 5.75 Å². The number of aryl methyl sites for hydroxylation is 1. The van der Waals surface area contributed by atoms with Gasteiger partial charge in [0.15, 0.2) is 0 Å².